The summed E-state index contributed by atoms with van der Waals surface area (Å²) in [7, 11) is 0. The Kier molecular flexibility index (Phi) is 4.77. The first-order chi connectivity index (χ1) is 12.0. The number of nitrogens with zero attached hydrogens (tertiary/aromatic N) is 2. The van der Waals surface area contributed by atoms with E-state index in [4.69, 9.17) is 12.2 Å². The number of rotatable bonds is 3. The van der Waals surface area contributed by atoms with Crippen LogP contribution in [-0.4, -0.2) is 50.6 Å². The quantitative estimate of drug-likeness (QED) is 0.822. The van der Waals surface area contributed by atoms with E-state index in [0.717, 1.165) is 25.1 Å². The van der Waals surface area contributed by atoms with Gasteiger partial charge in [-0.05, 0) is 50.5 Å². The summed E-state index contributed by atoms with van der Waals surface area (Å²) in [4.78, 5) is 17.6. The summed E-state index contributed by atoms with van der Waals surface area (Å²) in [5, 5.41) is 4.72. The van der Waals surface area contributed by atoms with Crippen LogP contribution in [0.15, 0.2) is 30.3 Å². The number of thioether (sulfide) groups is 1. The van der Waals surface area contributed by atoms with Gasteiger partial charge in [0.15, 0.2) is 5.11 Å². The normalized spacial score (nSPS) is 32.5. The van der Waals surface area contributed by atoms with Crippen LogP contribution < -0.4 is 5.32 Å². The van der Waals surface area contributed by atoms with E-state index in [1.54, 1.807) is 4.90 Å². The molecule has 1 N–H and O–H groups in total. The van der Waals surface area contributed by atoms with Crippen LogP contribution in [0.25, 0.3) is 0 Å². The zero-order valence-electron chi connectivity index (χ0n) is 14.7. The van der Waals surface area contributed by atoms with E-state index >= 15 is 0 Å². The number of benzene rings is 1. The first kappa shape index (κ1) is 17.3. The fourth-order valence-corrected chi connectivity index (χ4v) is 6.50. The molecule has 1 aromatic carbocycles. The average molecular weight is 376 g/mol. The predicted molar refractivity (Wildman–Crippen MR) is 106 cm³/mol. The van der Waals surface area contributed by atoms with Crippen molar-refractivity contribution < 1.29 is 4.79 Å². The summed E-state index contributed by atoms with van der Waals surface area (Å²) >= 11 is 7.46. The zero-order chi connectivity index (χ0) is 17.6. The van der Waals surface area contributed by atoms with Crippen molar-refractivity contribution in [1.29, 1.82) is 0 Å². The number of hydrogen-bond donors (Lipinski definition) is 1. The maximum atomic E-state index is 13.3. The van der Waals surface area contributed by atoms with Crippen molar-refractivity contribution in [3.8, 4) is 0 Å². The minimum Gasteiger partial charge on any atom is -0.350 e. The third-order valence-corrected chi connectivity index (χ3v) is 7.62. The molecule has 3 aliphatic rings. The summed E-state index contributed by atoms with van der Waals surface area (Å²) < 4.78 is 0. The van der Waals surface area contributed by atoms with Crippen LogP contribution >= 0.6 is 24.0 Å². The monoisotopic (exact) mass is 375 g/mol. The Morgan fingerprint density at radius 2 is 2.08 bits per heavy atom. The Morgan fingerprint density at radius 1 is 1.32 bits per heavy atom. The number of hydrogen-bond acceptors (Lipinski definition) is 4. The molecular formula is C19H25N3OS2. The van der Waals surface area contributed by atoms with Gasteiger partial charge in [-0.2, -0.15) is 0 Å². The standard InChI is InChI=1S/C19H25N3OS2/c1-12(2)21-9-8-14-15(11-21)25-17-16(14)18(23)22(19(24)20-17)10-13-6-4-3-5-7-13/h3-7,12,14-17H,8-11H2,1-2H3,(H,20,24). The highest BCUT2D eigenvalue weighted by molar-refractivity contribution is 8.00. The zero-order valence-corrected chi connectivity index (χ0v) is 16.4. The van der Waals surface area contributed by atoms with Crippen molar-refractivity contribution in [3.05, 3.63) is 35.9 Å². The van der Waals surface area contributed by atoms with Gasteiger partial charge in [-0.1, -0.05) is 30.3 Å². The second-order valence-corrected chi connectivity index (χ2v) is 9.29. The lowest BCUT2D eigenvalue weighted by Gasteiger charge is -2.40. The lowest BCUT2D eigenvalue weighted by molar-refractivity contribution is -0.135. The van der Waals surface area contributed by atoms with Gasteiger partial charge < -0.3 is 5.32 Å². The first-order valence-electron chi connectivity index (χ1n) is 9.10. The smallest absolute Gasteiger partial charge is 0.235 e. The fraction of sp³-hybridized carbons (Fsp3) is 0.579. The second-order valence-electron chi connectivity index (χ2n) is 7.52. The molecule has 4 unspecified atom stereocenters. The molecule has 0 spiro atoms. The maximum Gasteiger partial charge on any atom is 0.235 e. The molecule has 1 amide bonds. The van der Waals surface area contributed by atoms with Crippen molar-refractivity contribution >= 4 is 35.0 Å². The predicted octanol–water partition coefficient (Wildman–Crippen LogP) is 2.69. The molecule has 4 rings (SSSR count). The average Bonchev–Trinajstić information content (AvgIpc) is 2.96. The van der Waals surface area contributed by atoms with E-state index in [1.165, 1.54) is 0 Å². The third kappa shape index (κ3) is 3.20. The number of likely N-dealkylation sites (tertiary alicyclic amines) is 1. The highest BCUT2D eigenvalue weighted by Crippen LogP contribution is 2.48. The topological polar surface area (TPSA) is 35.6 Å². The number of fused-ring (bicyclic) bond motifs is 3. The van der Waals surface area contributed by atoms with Crippen molar-refractivity contribution in [2.75, 3.05) is 13.1 Å². The molecule has 134 valence electrons. The lowest BCUT2D eigenvalue weighted by atomic mass is 9.82. The Hall–Kier alpha value is -1.11. The van der Waals surface area contributed by atoms with Gasteiger partial charge in [0.1, 0.15) is 0 Å². The summed E-state index contributed by atoms with van der Waals surface area (Å²) in [5.74, 6) is 0.738. The van der Waals surface area contributed by atoms with Crippen molar-refractivity contribution in [1.82, 2.24) is 15.1 Å². The van der Waals surface area contributed by atoms with Crippen LogP contribution in [-0.2, 0) is 11.3 Å². The molecule has 0 saturated carbocycles. The van der Waals surface area contributed by atoms with Gasteiger partial charge in [0, 0.05) is 17.8 Å². The van der Waals surface area contributed by atoms with E-state index in [2.05, 4.69) is 36.2 Å². The molecule has 0 radical (unpaired) electrons. The summed E-state index contributed by atoms with van der Waals surface area (Å²) in [6.45, 7) is 7.26. The van der Waals surface area contributed by atoms with Crippen molar-refractivity contribution in [2.45, 2.75) is 43.5 Å². The molecule has 3 saturated heterocycles. The summed E-state index contributed by atoms with van der Waals surface area (Å²) in [6.07, 6.45) is 1.11. The van der Waals surface area contributed by atoms with Gasteiger partial charge in [-0.3, -0.25) is 14.6 Å². The minimum atomic E-state index is 0.0553. The number of thiocarbonyl (C=S) groups is 1. The Bertz CT molecular complexity index is 666. The Morgan fingerprint density at radius 3 is 2.80 bits per heavy atom. The van der Waals surface area contributed by atoms with E-state index in [1.807, 2.05) is 30.0 Å². The van der Waals surface area contributed by atoms with E-state index in [9.17, 15) is 4.79 Å². The van der Waals surface area contributed by atoms with Gasteiger partial charge in [-0.15, -0.1) is 11.8 Å². The van der Waals surface area contributed by atoms with E-state index < -0.39 is 0 Å². The van der Waals surface area contributed by atoms with Crippen LogP contribution in [0.2, 0.25) is 0 Å². The van der Waals surface area contributed by atoms with Gasteiger partial charge >= 0.3 is 0 Å². The molecule has 3 fully saturated rings. The molecule has 4 nitrogen and oxygen atoms in total. The van der Waals surface area contributed by atoms with Gasteiger partial charge in [0.25, 0.3) is 0 Å². The van der Waals surface area contributed by atoms with Crippen LogP contribution in [0.1, 0.15) is 25.8 Å². The number of carbonyl (C=O) groups excluding carboxylic acids is 1. The summed E-state index contributed by atoms with van der Waals surface area (Å²) in [6, 6.07) is 10.7. The van der Waals surface area contributed by atoms with Crippen LogP contribution in [0.5, 0.6) is 0 Å². The lowest BCUT2D eigenvalue weighted by Crippen LogP contribution is -2.58. The van der Waals surface area contributed by atoms with Crippen LogP contribution in [0.4, 0.5) is 0 Å². The number of carbonyl (C=O) groups is 1. The highest BCUT2D eigenvalue weighted by atomic mass is 32.2. The second kappa shape index (κ2) is 6.89. The Balaban J connectivity index is 1.52. The van der Waals surface area contributed by atoms with Gasteiger partial charge in [0.05, 0.1) is 17.8 Å². The van der Waals surface area contributed by atoms with E-state index in [0.29, 0.717) is 28.9 Å². The molecule has 0 bridgehead atoms. The number of amides is 1. The minimum absolute atomic E-state index is 0.0553. The van der Waals surface area contributed by atoms with Crippen molar-refractivity contribution in [2.24, 2.45) is 11.8 Å². The van der Waals surface area contributed by atoms with Crippen molar-refractivity contribution in [3.63, 3.8) is 0 Å². The molecule has 25 heavy (non-hydrogen) atoms. The largest absolute Gasteiger partial charge is 0.350 e. The molecule has 1 aromatic rings. The van der Waals surface area contributed by atoms with Gasteiger partial charge in [-0.25, -0.2) is 0 Å². The molecule has 0 aromatic heterocycles. The molecule has 6 heteroatoms. The van der Waals surface area contributed by atoms with Crippen LogP contribution in [0.3, 0.4) is 0 Å². The third-order valence-electron chi connectivity index (χ3n) is 5.73. The van der Waals surface area contributed by atoms with E-state index in [-0.39, 0.29) is 17.2 Å². The SMILES string of the molecule is CC(C)N1CCC2C(C1)SC1NC(=S)N(Cc3ccccc3)C(=O)C12. The first-order valence-corrected chi connectivity index (χ1v) is 10.4. The highest BCUT2D eigenvalue weighted by Gasteiger charge is 2.53. The van der Waals surface area contributed by atoms with Crippen LogP contribution in [0, 0.1) is 11.8 Å². The fourth-order valence-electron chi connectivity index (χ4n) is 4.31. The van der Waals surface area contributed by atoms with Gasteiger partial charge in [0.2, 0.25) is 5.91 Å². The molecule has 3 heterocycles. The molecular weight excluding hydrogens is 350 g/mol. The maximum absolute atomic E-state index is 13.3. The molecule has 0 aliphatic carbocycles. The summed E-state index contributed by atoms with van der Waals surface area (Å²) in [5.41, 5.74) is 1.12. The molecule has 3 aliphatic heterocycles. The Labute approximate surface area is 159 Å². The number of nitrogens with one attached hydrogen (secondary N) is 1. The number of piperidine rings is 1. The molecule has 4 atom stereocenters.